The molecule has 2 aromatic rings. The van der Waals surface area contributed by atoms with Crippen molar-refractivity contribution in [2.24, 2.45) is 0 Å². The predicted octanol–water partition coefficient (Wildman–Crippen LogP) is 4.12. The van der Waals surface area contributed by atoms with Crippen molar-refractivity contribution >= 4 is 37.6 Å². The minimum absolute atomic E-state index is 0. The van der Waals surface area contributed by atoms with Crippen LogP contribution in [0.4, 0.5) is 13.2 Å². The summed E-state index contributed by atoms with van der Waals surface area (Å²) in [4.78, 5) is 12.4. The van der Waals surface area contributed by atoms with Crippen LogP contribution in [0.2, 0.25) is 0 Å². The van der Waals surface area contributed by atoms with Gasteiger partial charge in [-0.1, -0.05) is 48.5 Å². The predicted molar refractivity (Wildman–Crippen MR) is 86.4 cm³/mol. The monoisotopic (exact) mass is 318 g/mol. The Bertz CT molecular complexity index is 636. The molecule has 2 aromatic carbocycles. The summed E-state index contributed by atoms with van der Waals surface area (Å²) in [7, 11) is -2.91. The van der Waals surface area contributed by atoms with Gasteiger partial charge in [-0.2, -0.15) is 13.2 Å². The van der Waals surface area contributed by atoms with Crippen LogP contribution in [0.5, 0.6) is 0 Å². The van der Waals surface area contributed by atoms with E-state index in [0.29, 0.717) is 11.1 Å². The number of carbonyl (C=O) groups excluding carboxylic acids is 1. The molecule has 6 heteroatoms. The molecule has 0 aliphatic carbocycles. The average molecular weight is 318 g/mol. The maximum absolute atomic E-state index is 13.5. The van der Waals surface area contributed by atoms with E-state index in [2.05, 4.69) is 0 Å². The van der Waals surface area contributed by atoms with Crippen molar-refractivity contribution in [2.45, 2.75) is 19.8 Å². The van der Waals surface area contributed by atoms with Crippen LogP contribution in [0.25, 0.3) is 0 Å². The molecule has 0 bridgehead atoms. The Morgan fingerprint density at radius 3 is 1.86 bits per heavy atom. The molecule has 2 rings (SSSR count). The molecule has 0 aliphatic rings. The van der Waals surface area contributed by atoms with Gasteiger partial charge in [0.15, 0.2) is 5.52 Å². The molecular weight excluding hydrogens is 303 g/mol. The van der Waals surface area contributed by atoms with Gasteiger partial charge in [-0.25, -0.2) is 0 Å². The number of carbonyl (C=O) groups is 1. The third-order valence-electron chi connectivity index (χ3n) is 3.14. The number of alkyl halides is 3. The second-order valence-corrected chi connectivity index (χ2v) is 6.75. The van der Waals surface area contributed by atoms with E-state index in [-0.39, 0.29) is 29.7 Å². The van der Waals surface area contributed by atoms with Gasteiger partial charge in [-0.3, -0.25) is 4.79 Å². The Morgan fingerprint density at radius 1 is 0.909 bits per heavy atom. The summed E-state index contributed by atoms with van der Waals surface area (Å²) in [6, 6.07) is 12.6. The van der Waals surface area contributed by atoms with Gasteiger partial charge in [0, 0.05) is 5.56 Å². The Hall–Kier alpha value is -1.07. The summed E-state index contributed by atoms with van der Waals surface area (Å²) in [6.45, 7) is 3.23. The summed E-state index contributed by atoms with van der Waals surface area (Å²) in [5, 5.41) is 0.119. The van der Waals surface area contributed by atoms with Crippen LogP contribution in [0, 0.1) is 13.8 Å². The summed E-state index contributed by atoms with van der Waals surface area (Å²) in [5.41, 5.74) is 0.254. The minimum atomic E-state index is -4.56. The molecule has 0 fully saturated rings. The molecule has 0 saturated carbocycles. The molecule has 0 aromatic heterocycles. The third kappa shape index (κ3) is 4.01. The molecule has 0 amide bonds. The van der Waals surface area contributed by atoms with E-state index >= 15 is 0 Å². The van der Waals surface area contributed by atoms with Crippen molar-refractivity contribution in [1.29, 1.82) is 0 Å². The van der Waals surface area contributed by atoms with Crippen molar-refractivity contribution in [2.75, 3.05) is 0 Å². The van der Waals surface area contributed by atoms with E-state index in [1.807, 2.05) is 0 Å². The van der Waals surface area contributed by atoms with Gasteiger partial charge in [0.1, 0.15) is 7.92 Å². The Labute approximate surface area is 140 Å². The van der Waals surface area contributed by atoms with Crippen molar-refractivity contribution in [3.05, 3.63) is 65.2 Å². The topological polar surface area (TPSA) is 17.1 Å². The van der Waals surface area contributed by atoms with Gasteiger partial charge < -0.3 is 0 Å². The standard InChI is InChI=1S/C16H14F3OP.Li.H/c1-11-7-6-8-12(2)14(11)21(16(17,18)19)15(20)13-9-4-3-5-10-13;;/h3-10H,1-2H3;;. The van der Waals surface area contributed by atoms with Crippen LogP contribution in [-0.2, 0) is 0 Å². The molecule has 1 unspecified atom stereocenters. The number of hydrogen-bond donors (Lipinski definition) is 0. The van der Waals surface area contributed by atoms with Gasteiger partial charge in [0.25, 0.3) is 0 Å². The zero-order chi connectivity index (χ0) is 15.6. The first-order valence-corrected chi connectivity index (χ1v) is 7.69. The van der Waals surface area contributed by atoms with E-state index in [4.69, 9.17) is 0 Å². The van der Waals surface area contributed by atoms with Crippen LogP contribution in [0.15, 0.2) is 48.5 Å². The van der Waals surface area contributed by atoms with Crippen molar-refractivity contribution in [3.63, 3.8) is 0 Å². The summed E-state index contributed by atoms with van der Waals surface area (Å²) in [5.74, 6) is -4.56. The molecule has 0 heterocycles. The Balaban J connectivity index is 0.00000242. The van der Waals surface area contributed by atoms with Gasteiger partial charge in [0.2, 0.25) is 0 Å². The third-order valence-corrected chi connectivity index (χ3v) is 5.46. The molecule has 1 nitrogen and oxygen atoms in total. The zero-order valence-corrected chi connectivity index (χ0v) is 12.5. The van der Waals surface area contributed by atoms with Crippen LogP contribution in [-0.4, -0.2) is 30.3 Å². The second-order valence-electron chi connectivity index (χ2n) is 4.71. The second kappa shape index (κ2) is 7.46. The van der Waals surface area contributed by atoms with Gasteiger partial charge in [-0.15, -0.1) is 0 Å². The first kappa shape index (κ1) is 19.0. The van der Waals surface area contributed by atoms with Crippen LogP contribution in [0.3, 0.4) is 0 Å². The van der Waals surface area contributed by atoms with Crippen LogP contribution >= 0.6 is 7.92 Å². The quantitative estimate of drug-likeness (QED) is 0.614. The zero-order valence-electron chi connectivity index (χ0n) is 11.6. The molecule has 0 spiro atoms. The van der Waals surface area contributed by atoms with E-state index in [9.17, 15) is 18.0 Å². The van der Waals surface area contributed by atoms with Crippen LogP contribution < -0.4 is 5.30 Å². The Kier molecular flexibility index (Phi) is 6.44. The van der Waals surface area contributed by atoms with Crippen molar-refractivity contribution < 1.29 is 18.0 Å². The molecule has 112 valence electrons. The maximum atomic E-state index is 13.5. The normalized spacial score (nSPS) is 12.4. The molecular formula is C16H15F3LiOP. The first-order valence-electron chi connectivity index (χ1n) is 6.35. The van der Waals surface area contributed by atoms with E-state index in [0.717, 1.165) is 0 Å². The Morgan fingerprint density at radius 2 is 1.41 bits per heavy atom. The van der Waals surface area contributed by atoms with E-state index in [1.165, 1.54) is 12.1 Å². The molecule has 1 atom stereocenters. The van der Waals surface area contributed by atoms with E-state index in [1.54, 1.807) is 50.2 Å². The number of benzene rings is 2. The molecule has 0 radical (unpaired) electrons. The first-order chi connectivity index (χ1) is 9.82. The van der Waals surface area contributed by atoms with Gasteiger partial charge >= 0.3 is 24.8 Å². The number of hydrogen-bond acceptors (Lipinski definition) is 1. The summed E-state index contributed by atoms with van der Waals surface area (Å²) in [6.07, 6.45) is 0. The summed E-state index contributed by atoms with van der Waals surface area (Å²) >= 11 is 0. The SMILES string of the molecule is Cc1cccc(C)c1P(C(=O)c1ccccc1)C(F)(F)F.[LiH]. The van der Waals surface area contributed by atoms with Crippen LogP contribution in [0.1, 0.15) is 21.5 Å². The molecule has 22 heavy (non-hydrogen) atoms. The fraction of sp³-hybridized carbons (Fsp3) is 0.188. The number of halogens is 3. The van der Waals surface area contributed by atoms with Crippen molar-refractivity contribution in [1.82, 2.24) is 0 Å². The fourth-order valence-electron chi connectivity index (χ4n) is 2.21. The number of aryl methyl sites for hydroxylation is 2. The molecule has 0 saturated heterocycles. The summed E-state index contributed by atoms with van der Waals surface area (Å²) < 4.78 is 40.5. The van der Waals surface area contributed by atoms with Crippen molar-refractivity contribution in [3.8, 4) is 0 Å². The van der Waals surface area contributed by atoms with E-state index < -0.39 is 19.4 Å². The molecule has 0 aliphatic heterocycles. The van der Waals surface area contributed by atoms with Gasteiger partial charge in [0.05, 0.1) is 0 Å². The van der Waals surface area contributed by atoms with Gasteiger partial charge in [-0.05, 0) is 30.3 Å². The molecule has 0 N–H and O–H groups in total. The fourth-order valence-corrected chi connectivity index (χ4v) is 4.16. The number of rotatable bonds is 3. The average Bonchev–Trinajstić information content (AvgIpc) is 2.42.